The first-order chi connectivity index (χ1) is 14.0. The molecule has 7 nitrogen and oxygen atoms in total. The first-order valence-electron chi connectivity index (χ1n) is 9.76. The molecule has 1 atom stereocenters. The van der Waals surface area contributed by atoms with Gasteiger partial charge in [0, 0.05) is 20.1 Å². The van der Waals surface area contributed by atoms with E-state index in [9.17, 15) is 14.4 Å². The summed E-state index contributed by atoms with van der Waals surface area (Å²) >= 11 is 0. The Balaban J connectivity index is 1.31. The average Bonchev–Trinajstić information content (AvgIpc) is 3.26. The summed E-state index contributed by atoms with van der Waals surface area (Å²) in [6, 6.07) is 17.8. The van der Waals surface area contributed by atoms with Gasteiger partial charge in [0.25, 0.3) is 5.91 Å². The summed E-state index contributed by atoms with van der Waals surface area (Å²) in [5.74, 6) is -0.268. The van der Waals surface area contributed by atoms with Gasteiger partial charge in [0.2, 0.25) is 0 Å². The molecule has 2 heterocycles. The number of nitrogens with zero attached hydrogens (tertiary/aromatic N) is 2. The van der Waals surface area contributed by atoms with Gasteiger partial charge >= 0.3 is 12.1 Å². The van der Waals surface area contributed by atoms with Gasteiger partial charge in [-0.15, -0.1) is 0 Å². The molecular formula is C22H24N4O3. The molecule has 2 aliphatic heterocycles. The van der Waals surface area contributed by atoms with Crippen LogP contribution in [0.2, 0.25) is 0 Å². The predicted molar refractivity (Wildman–Crippen MR) is 109 cm³/mol. The van der Waals surface area contributed by atoms with Crippen molar-refractivity contribution in [3.05, 3.63) is 60.2 Å². The quantitative estimate of drug-likeness (QED) is 0.783. The van der Waals surface area contributed by atoms with Gasteiger partial charge < -0.3 is 15.5 Å². The Morgan fingerprint density at radius 3 is 2.59 bits per heavy atom. The van der Waals surface area contributed by atoms with Crippen molar-refractivity contribution in [2.45, 2.75) is 18.4 Å². The molecule has 5 amide bonds. The number of urea groups is 2. The smallest absolute Gasteiger partial charge is 0.324 e. The molecule has 2 aromatic rings. The van der Waals surface area contributed by atoms with Crippen LogP contribution in [0, 0.1) is 0 Å². The van der Waals surface area contributed by atoms with Crippen LogP contribution in [0.1, 0.15) is 12.0 Å². The molecule has 2 aromatic carbocycles. The number of carbonyl (C=O) groups is 3. The molecule has 2 N–H and O–H groups in total. The minimum absolute atomic E-state index is 0.206. The fourth-order valence-electron chi connectivity index (χ4n) is 3.98. The molecule has 1 spiro atoms. The van der Waals surface area contributed by atoms with E-state index in [-0.39, 0.29) is 18.5 Å². The van der Waals surface area contributed by atoms with Crippen LogP contribution in [0.25, 0.3) is 11.1 Å². The second-order valence-electron chi connectivity index (χ2n) is 7.60. The molecule has 7 heteroatoms. The summed E-state index contributed by atoms with van der Waals surface area (Å²) in [6.45, 7) is 1.15. The van der Waals surface area contributed by atoms with Gasteiger partial charge in [0.1, 0.15) is 5.54 Å². The summed E-state index contributed by atoms with van der Waals surface area (Å²) in [5, 5.41) is 5.66. The Kier molecular flexibility index (Phi) is 4.96. The van der Waals surface area contributed by atoms with E-state index in [1.165, 1.54) is 7.05 Å². The van der Waals surface area contributed by atoms with E-state index in [2.05, 4.69) is 34.9 Å². The van der Waals surface area contributed by atoms with E-state index in [1.807, 2.05) is 30.3 Å². The molecular weight excluding hydrogens is 368 g/mol. The second-order valence-corrected chi connectivity index (χ2v) is 7.60. The van der Waals surface area contributed by atoms with Crippen molar-refractivity contribution in [3.8, 4) is 11.1 Å². The van der Waals surface area contributed by atoms with Crippen LogP contribution in [-0.4, -0.2) is 60.0 Å². The number of amides is 5. The Bertz CT molecular complexity index is 946. The van der Waals surface area contributed by atoms with Crippen LogP contribution >= 0.6 is 0 Å². The molecule has 0 saturated carbocycles. The van der Waals surface area contributed by atoms with Crippen molar-refractivity contribution in [2.75, 3.05) is 26.7 Å². The number of hydrogen-bond donors (Lipinski definition) is 2. The highest BCUT2D eigenvalue weighted by molar-refractivity contribution is 6.07. The second kappa shape index (κ2) is 7.58. The molecule has 1 unspecified atom stereocenters. The monoisotopic (exact) mass is 392 g/mol. The normalized spacial score (nSPS) is 21.0. The van der Waals surface area contributed by atoms with E-state index in [0.29, 0.717) is 25.9 Å². The van der Waals surface area contributed by atoms with Gasteiger partial charge in [-0.05, 0) is 29.5 Å². The lowest BCUT2D eigenvalue weighted by Gasteiger charge is -2.21. The van der Waals surface area contributed by atoms with Crippen molar-refractivity contribution in [3.63, 3.8) is 0 Å². The number of imide groups is 1. The molecule has 0 aliphatic carbocycles. The van der Waals surface area contributed by atoms with Crippen LogP contribution in [0.3, 0.4) is 0 Å². The zero-order valence-electron chi connectivity index (χ0n) is 16.4. The van der Waals surface area contributed by atoms with Gasteiger partial charge in [0.05, 0.1) is 6.54 Å². The van der Waals surface area contributed by atoms with Crippen molar-refractivity contribution in [2.24, 2.45) is 0 Å². The summed E-state index contributed by atoms with van der Waals surface area (Å²) in [5.41, 5.74) is 2.49. The number of benzene rings is 2. The first-order valence-corrected chi connectivity index (χ1v) is 9.76. The third-order valence-corrected chi connectivity index (χ3v) is 5.65. The SMILES string of the molecule is CN1C(=O)NC2(CCN(C(=O)NCCc3cccc(-c4ccccc4)c3)C2)C1=O. The van der Waals surface area contributed by atoms with Gasteiger partial charge in [-0.25, -0.2) is 9.59 Å². The predicted octanol–water partition coefficient (Wildman–Crippen LogP) is 2.23. The van der Waals surface area contributed by atoms with Crippen molar-refractivity contribution >= 4 is 18.0 Å². The number of nitrogens with one attached hydrogen (secondary N) is 2. The Hall–Kier alpha value is -3.35. The average molecular weight is 392 g/mol. The Morgan fingerprint density at radius 2 is 1.86 bits per heavy atom. The van der Waals surface area contributed by atoms with Crippen LogP contribution in [-0.2, 0) is 11.2 Å². The number of hydrogen-bond acceptors (Lipinski definition) is 3. The summed E-state index contributed by atoms with van der Waals surface area (Å²) < 4.78 is 0. The highest BCUT2D eigenvalue weighted by atomic mass is 16.2. The Labute approximate surface area is 169 Å². The van der Waals surface area contributed by atoms with Crippen molar-refractivity contribution in [1.29, 1.82) is 0 Å². The lowest BCUT2D eigenvalue weighted by Crippen LogP contribution is -2.50. The number of rotatable bonds is 4. The molecule has 0 bridgehead atoms. The minimum atomic E-state index is -0.965. The number of carbonyl (C=O) groups excluding carboxylic acids is 3. The van der Waals surface area contributed by atoms with Gasteiger partial charge in [0.15, 0.2) is 0 Å². The summed E-state index contributed by atoms with van der Waals surface area (Å²) in [7, 11) is 1.46. The van der Waals surface area contributed by atoms with Crippen LogP contribution < -0.4 is 10.6 Å². The highest BCUT2D eigenvalue weighted by Crippen LogP contribution is 2.28. The highest BCUT2D eigenvalue weighted by Gasteiger charge is 2.54. The molecule has 2 aliphatic rings. The van der Waals surface area contributed by atoms with E-state index in [4.69, 9.17) is 0 Å². The zero-order chi connectivity index (χ0) is 20.4. The van der Waals surface area contributed by atoms with E-state index in [1.54, 1.807) is 4.90 Å². The lowest BCUT2D eigenvalue weighted by atomic mass is 9.99. The summed E-state index contributed by atoms with van der Waals surface area (Å²) in [6.07, 6.45) is 1.15. The van der Waals surface area contributed by atoms with Gasteiger partial charge in [-0.2, -0.15) is 0 Å². The van der Waals surface area contributed by atoms with Gasteiger partial charge in [-0.1, -0.05) is 54.6 Å². The molecule has 0 aromatic heterocycles. The first kappa shape index (κ1) is 19.0. The molecule has 0 radical (unpaired) electrons. The number of likely N-dealkylation sites (tertiary alicyclic amines) is 1. The third kappa shape index (κ3) is 3.68. The van der Waals surface area contributed by atoms with E-state index < -0.39 is 11.6 Å². The topological polar surface area (TPSA) is 81.8 Å². The molecule has 4 rings (SSSR count). The maximum Gasteiger partial charge on any atom is 0.324 e. The van der Waals surface area contributed by atoms with Crippen LogP contribution in [0.15, 0.2) is 54.6 Å². The molecule has 2 saturated heterocycles. The Morgan fingerprint density at radius 1 is 1.10 bits per heavy atom. The fourth-order valence-corrected chi connectivity index (χ4v) is 3.98. The number of likely N-dealkylation sites (N-methyl/N-ethyl adjacent to an activating group) is 1. The van der Waals surface area contributed by atoms with Crippen molar-refractivity contribution in [1.82, 2.24) is 20.4 Å². The van der Waals surface area contributed by atoms with E-state index in [0.717, 1.165) is 21.6 Å². The molecule has 29 heavy (non-hydrogen) atoms. The van der Waals surface area contributed by atoms with Crippen LogP contribution in [0.4, 0.5) is 9.59 Å². The van der Waals surface area contributed by atoms with Crippen LogP contribution in [0.5, 0.6) is 0 Å². The third-order valence-electron chi connectivity index (χ3n) is 5.65. The molecule has 2 fully saturated rings. The van der Waals surface area contributed by atoms with E-state index >= 15 is 0 Å². The van der Waals surface area contributed by atoms with Gasteiger partial charge in [-0.3, -0.25) is 9.69 Å². The maximum atomic E-state index is 12.5. The lowest BCUT2D eigenvalue weighted by molar-refractivity contribution is -0.129. The molecule has 150 valence electrons. The summed E-state index contributed by atoms with van der Waals surface area (Å²) in [4.78, 5) is 39.3. The van der Waals surface area contributed by atoms with Crippen molar-refractivity contribution < 1.29 is 14.4 Å². The maximum absolute atomic E-state index is 12.5. The zero-order valence-corrected chi connectivity index (χ0v) is 16.4. The minimum Gasteiger partial charge on any atom is -0.338 e. The fraction of sp³-hybridized carbons (Fsp3) is 0.318. The largest absolute Gasteiger partial charge is 0.338 e. The standard InChI is InChI=1S/C22H24N4O3/c1-25-19(27)22(24-21(25)29)11-13-26(15-22)20(28)23-12-10-16-6-5-9-18(14-16)17-7-3-2-4-8-17/h2-9,14H,10-13,15H2,1H3,(H,23,28)(H,24,29).